The minimum absolute atomic E-state index is 0.0441. The largest absolute Gasteiger partial charge is 0.339 e. The van der Waals surface area contributed by atoms with Crippen molar-refractivity contribution in [2.24, 2.45) is 0 Å². The van der Waals surface area contributed by atoms with E-state index in [0.29, 0.717) is 13.0 Å². The Labute approximate surface area is 112 Å². The Morgan fingerprint density at radius 2 is 2.06 bits per heavy atom. The molecule has 0 radical (unpaired) electrons. The highest BCUT2D eigenvalue weighted by Crippen LogP contribution is 2.31. The van der Waals surface area contributed by atoms with E-state index in [1.807, 2.05) is 18.0 Å². The second-order valence-electron chi connectivity index (χ2n) is 5.40. The highest BCUT2D eigenvalue weighted by atomic mass is 16.2. The molecule has 1 rings (SSSR count). The minimum Gasteiger partial charge on any atom is -0.339 e. The Hall–Kier alpha value is -0.830. The normalized spacial score (nSPS) is 18.3. The predicted molar refractivity (Wildman–Crippen MR) is 76.6 cm³/mol. The fraction of sp³-hybridized carbons (Fsp3) is 0.800. The van der Waals surface area contributed by atoms with Gasteiger partial charge in [0.1, 0.15) is 0 Å². The summed E-state index contributed by atoms with van der Waals surface area (Å²) in [5.41, 5.74) is 0.0441. The number of hydrogen-bond acceptors (Lipinski definition) is 2. The van der Waals surface area contributed by atoms with Crippen LogP contribution >= 0.6 is 0 Å². The Morgan fingerprint density at radius 1 is 1.39 bits per heavy atom. The van der Waals surface area contributed by atoms with Crippen molar-refractivity contribution in [1.29, 1.82) is 0 Å². The Balaban J connectivity index is 2.61. The van der Waals surface area contributed by atoms with Gasteiger partial charge in [-0.15, -0.1) is 6.58 Å². The lowest BCUT2D eigenvalue weighted by Crippen LogP contribution is -2.49. The summed E-state index contributed by atoms with van der Waals surface area (Å²) in [7, 11) is 2.00. The summed E-state index contributed by atoms with van der Waals surface area (Å²) >= 11 is 0. The van der Waals surface area contributed by atoms with Crippen LogP contribution in [-0.4, -0.2) is 36.5 Å². The second kappa shape index (κ2) is 7.57. The number of rotatable bonds is 7. The molecule has 0 aromatic heterocycles. The van der Waals surface area contributed by atoms with E-state index >= 15 is 0 Å². The first-order valence-corrected chi connectivity index (χ1v) is 7.25. The summed E-state index contributed by atoms with van der Waals surface area (Å²) in [4.78, 5) is 14.3. The van der Waals surface area contributed by atoms with Crippen LogP contribution in [0, 0.1) is 0 Å². The molecule has 1 aliphatic rings. The smallest absolute Gasteiger partial charge is 0.224 e. The van der Waals surface area contributed by atoms with Crippen LogP contribution < -0.4 is 5.32 Å². The van der Waals surface area contributed by atoms with E-state index in [0.717, 1.165) is 25.8 Å². The maximum absolute atomic E-state index is 12.4. The van der Waals surface area contributed by atoms with Crippen LogP contribution in [0.15, 0.2) is 12.7 Å². The number of nitrogens with one attached hydrogen (secondary N) is 1. The molecule has 1 saturated carbocycles. The number of amides is 1. The monoisotopic (exact) mass is 252 g/mol. The van der Waals surface area contributed by atoms with E-state index in [9.17, 15) is 4.79 Å². The number of nitrogens with zero attached hydrogens (tertiary/aromatic N) is 1. The second-order valence-corrected chi connectivity index (χ2v) is 5.40. The first-order valence-electron chi connectivity index (χ1n) is 7.25. The van der Waals surface area contributed by atoms with E-state index in [2.05, 4.69) is 18.8 Å². The molecule has 1 amide bonds. The Morgan fingerprint density at radius 3 is 2.56 bits per heavy atom. The van der Waals surface area contributed by atoms with Crippen molar-refractivity contribution < 1.29 is 4.79 Å². The molecule has 0 saturated heterocycles. The first kappa shape index (κ1) is 15.2. The summed E-state index contributed by atoms with van der Waals surface area (Å²) in [5, 5.41) is 3.41. The van der Waals surface area contributed by atoms with Gasteiger partial charge in [-0.1, -0.05) is 32.3 Å². The molecule has 3 heteroatoms. The lowest BCUT2D eigenvalue weighted by molar-refractivity contribution is -0.132. The average Bonchev–Trinajstić information content (AvgIpc) is 2.39. The molecule has 0 unspecified atom stereocenters. The summed E-state index contributed by atoms with van der Waals surface area (Å²) < 4.78 is 0. The summed E-state index contributed by atoms with van der Waals surface area (Å²) in [6.07, 6.45) is 9.51. The van der Waals surface area contributed by atoms with Crippen LogP contribution in [0.1, 0.15) is 51.9 Å². The van der Waals surface area contributed by atoms with Crippen molar-refractivity contribution in [2.75, 3.05) is 20.1 Å². The van der Waals surface area contributed by atoms with Crippen molar-refractivity contribution in [3.05, 3.63) is 12.7 Å². The van der Waals surface area contributed by atoms with Gasteiger partial charge in [0.2, 0.25) is 5.91 Å². The van der Waals surface area contributed by atoms with Crippen LogP contribution in [0.5, 0.6) is 0 Å². The standard InChI is InChI=1S/C15H28N2O/c1-4-11-17(12-5-2)14(18)13-15(16-3)9-7-6-8-10-15/h4,16H,1,5-13H2,2-3H3. The van der Waals surface area contributed by atoms with Crippen LogP contribution in [-0.2, 0) is 4.79 Å². The van der Waals surface area contributed by atoms with E-state index in [4.69, 9.17) is 0 Å². The van der Waals surface area contributed by atoms with Crippen molar-refractivity contribution in [3.8, 4) is 0 Å². The highest BCUT2D eigenvalue weighted by molar-refractivity contribution is 5.77. The molecule has 104 valence electrons. The zero-order chi connectivity index (χ0) is 13.4. The van der Waals surface area contributed by atoms with Crippen molar-refractivity contribution in [2.45, 2.75) is 57.4 Å². The van der Waals surface area contributed by atoms with Gasteiger partial charge < -0.3 is 10.2 Å². The number of hydrogen-bond donors (Lipinski definition) is 1. The SMILES string of the molecule is C=CCN(CCC)C(=O)CC1(NC)CCCCC1. The van der Waals surface area contributed by atoms with Gasteiger partial charge >= 0.3 is 0 Å². The van der Waals surface area contributed by atoms with E-state index in [-0.39, 0.29) is 11.4 Å². The molecular weight excluding hydrogens is 224 g/mol. The van der Waals surface area contributed by atoms with Gasteiger partial charge in [-0.2, -0.15) is 0 Å². The van der Waals surface area contributed by atoms with Gasteiger partial charge in [0, 0.05) is 25.0 Å². The molecule has 0 atom stereocenters. The quantitative estimate of drug-likeness (QED) is 0.707. The third-order valence-corrected chi connectivity index (χ3v) is 4.03. The van der Waals surface area contributed by atoms with E-state index in [1.54, 1.807) is 0 Å². The molecule has 0 aliphatic heterocycles. The van der Waals surface area contributed by atoms with Gasteiger partial charge in [-0.05, 0) is 26.3 Å². The average molecular weight is 252 g/mol. The molecule has 0 spiro atoms. The molecule has 1 N–H and O–H groups in total. The zero-order valence-electron chi connectivity index (χ0n) is 12.0. The maximum atomic E-state index is 12.4. The van der Waals surface area contributed by atoms with Crippen LogP contribution in [0.3, 0.4) is 0 Å². The van der Waals surface area contributed by atoms with Gasteiger partial charge in [0.05, 0.1) is 0 Å². The first-order chi connectivity index (χ1) is 8.67. The molecule has 1 aliphatic carbocycles. The third kappa shape index (κ3) is 4.13. The van der Waals surface area contributed by atoms with Gasteiger partial charge in [-0.3, -0.25) is 4.79 Å². The minimum atomic E-state index is 0.0441. The predicted octanol–water partition coefficient (Wildman–Crippen LogP) is 2.72. The summed E-state index contributed by atoms with van der Waals surface area (Å²) in [6.45, 7) is 7.36. The van der Waals surface area contributed by atoms with E-state index in [1.165, 1.54) is 19.3 Å². The fourth-order valence-electron chi connectivity index (χ4n) is 2.89. The molecule has 0 aromatic carbocycles. The van der Waals surface area contributed by atoms with Crippen LogP contribution in [0.2, 0.25) is 0 Å². The molecule has 0 heterocycles. The molecule has 0 bridgehead atoms. The van der Waals surface area contributed by atoms with E-state index < -0.39 is 0 Å². The van der Waals surface area contributed by atoms with Crippen molar-refractivity contribution in [3.63, 3.8) is 0 Å². The number of carbonyl (C=O) groups excluding carboxylic acids is 1. The van der Waals surface area contributed by atoms with Crippen molar-refractivity contribution >= 4 is 5.91 Å². The molecule has 18 heavy (non-hydrogen) atoms. The maximum Gasteiger partial charge on any atom is 0.224 e. The van der Waals surface area contributed by atoms with Gasteiger partial charge in [-0.25, -0.2) is 0 Å². The summed E-state index contributed by atoms with van der Waals surface area (Å²) in [5.74, 6) is 0.271. The Kier molecular flexibility index (Phi) is 6.41. The van der Waals surface area contributed by atoms with Gasteiger partial charge in [0.25, 0.3) is 0 Å². The van der Waals surface area contributed by atoms with Crippen LogP contribution in [0.4, 0.5) is 0 Å². The molecule has 0 aromatic rings. The molecule has 1 fully saturated rings. The lowest BCUT2D eigenvalue weighted by Gasteiger charge is -2.38. The zero-order valence-corrected chi connectivity index (χ0v) is 12.0. The number of carbonyl (C=O) groups is 1. The molecule has 3 nitrogen and oxygen atoms in total. The summed E-state index contributed by atoms with van der Waals surface area (Å²) in [6, 6.07) is 0. The van der Waals surface area contributed by atoms with Gasteiger partial charge in [0.15, 0.2) is 0 Å². The van der Waals surface area contributed by atoms with Crippen LogP contribution in [0.25, 0.3) is 0 Å². The highest BCUT2D eigenvalue weighted by Gasteiger charge is 2.33. The molecular formula is C15H28N2O. The third-order valence-electron chi connectivity index (χ3n) is 4.03. The van der Waals surface area contributed by atoms with Crippen molar-refractivity contribution in [1.82, 2.24) is 10.2 Å². The fourth-order valence-corrected chi connectivity index (χ4v) is 2.89. The Bertz CT molecular complexity index is 270. The topological polar surface area (TPSA) is 32.3 Å². The lowest BCUT2D eigenvalue weighted by atomic mass is 9.79.